The summed E-state index contributed by atoms with van der Waals surface area (Å²) >= 11 is 0. The van der Waals surface area contributed by atoms with Gasteiger partial charge in [0.15, 0.2) is 0 Å². The highest BCUT2D eigenvalue weighted by Gasteiger charge is 2.21. The van der Waals surface area contributed by atoms with Gasteiger partial charge in [-0.05, 0) is 5.56 Å². The van der Waals surface area contributed by atoms with Crippen LogP contribution in [0.4, 0.5) is 0 Å². The maximum atomic E-state index is 5.48. The molecule has 1 atom stereocenters. The van der Waals surface area contributed by atoms with Crippen molar-refractivity contribution >= 4 is 0 Å². The summed E-state index contributed by atoms with van der Waals surface area (Å²) in [6.45, 7) is 1.54. The summed E-state index contributed by atoms with van der Waals surface area (Å²) in [5.41, 5.74) is 1.14. The number of nitrogens with one attached hydrogen (secondary N) is 1. The van der Waals surface area contributed by atoms with Crippen molar-refractivity contribution in [2.24, 2.45) is 0 Å². The molecule has 1 aromatic carbocycles. The van der Waals surface area contributed by atoms with Crippen molar-refractivity contribution < 1.29 is 4.74 Å². The molecule has 1 fully saturated rings. The van der Waals surface area contributed by atoms with Crippen molar-refractivity contribution in [2.45, 2.75) is 12.1 Å². The molecule has 1 aromatic rings. The monoisotopic (exact) mass is 187 g/mol. The molecule has 1 unspecified atom stereocenters. The van der Waals surface area contributed by atoms with E-state index in [1.165, 1.54) is 0 Å². The molecule has 0 bridgehead atoms. The molecule has 1 saturated heterocycles. The fraction of sp³-hybridized carbons (Fsp3) is 0.333. The van der Waals surface area contributed by atoms with Crippen LogP contribution < -0.4 is 5.32 Å². The first-order valence-corrected chi connectivity index (χ1v) is 4.75. The van der Waals surface area contributed by atoms with Crippen molar-refractivity contribution in [2.75, 3.05) is 13.2 Å². The first-order chi connectivity index (χ1) is 6.90. The van der Waals surface area contributed by atoms with Crippen LogP contribution in [0.15, 0.2) is 30.3 Å². The third kappa shape index (κ3) is 1.95. The normalized spacial score (nSPS) is 18.2. The van der Waals surface area contributed by atoms with Crippen molar-refractivity contribution in [3.8, 4) is 12.3 Å². The van der Waals surface area contributed by atoms with Crippen LogP contribution in [-0.4, -0.2) is 19.3 Å². The highest BCUT2D eigenvalue weighted by molar-refractivity contribution is 5.25. The summed E-state index contributed by atoms with van der Waals surface area (Å²) in [4.78, 5) is 0. The smallest absolute Gasteiger partial charge is 0.0946 e. The van der Waals surface area contributed by atoms with Crippen LogP contribution in [0.5, 0.6) is 0 Å². The lowest BCUT2D eigenvalue weighted by Gasteiger charge is -2.29. The van der Waals surface area contributed by atoms with E-state index in [1.54, 1.807) is 0 Å². The summed E-state index contributed by atoms with van der Waals surface area (Å²) in [5, 5.41) is 3.36. The molecule has 0 spiro atoms. The fourth-order valence-corrected chi connectivity index (χ4v) is 1.45. The van der Waals surface area contributed by atoms with E-state index in [0.717, 1.165) is 18.8 Å². The highest BCUT2D eigenvalue weighted by atomic mass is 16.5. The Labute approximate surface area is 84.3 Å². The molecule has 2 heteroatoms. The zero-order valence-corrected chi connectivity index (χ0v) is 7.94. The van der Waals surface area contributed by atoms with E-state index >= 15 is 0 Å². The van der Waals surface area contributed by atoms with Gasteiger partial charge in [0.05, 0.1) is 25.3 Å². The van der Waals surface area contributed by atoms with E-state index in [-0.39, 0.29) is 6.04 Å². The Morgan fingerprint density at radius 2 is 2.07 bits per heavy atom. The summed E-state index contributed by atoms with van der Waals surface area (Å²) < 4.78 is 5.09. The summed E-state index contributed by atoms with van der Waals surface area (Å²) in [6.07, 6.45) is 5.48. The lowest BCUT2D eigenvalue weighted by atomic mass is 10.1. The van der Waals surface area contributed by atoms with Gasteiger partial charge in [-0.15, -0.1) is 6.42 Å². The molecule has 1 aliphatic heterocycles. The Bertz CT molecular complexity index is 324. The standard InChI is InChI=1S/C12H13NO/c1-2-12(13-11-8-14-9-11)10-6-4-3-5-7-10/h1,3-7,11-13H,8-9H2. The molecule has 2 nitrogen and oxygen atoms in total. The molecule has 0 amide bonds. The first-order valence-electron chi connectivity index (χ1n) is 4.75. The number of rotatable bonds is 3. The molecule has 0 radical (unpaired) electrons. The predicted octanol–water partition coefficient (Wildman–Crippen LogP) is 1.35. The molecule has 0 aromatic heterocycles. The Hall–Kier alpha value is -1.30. The quantitative estimate of drug-likeness (QED) is 0.721. The molecule has 2 rings (SSSR count). The van der Waals surface area contributed by atoms with Crippen LogP contribution in [0.3, 0.4) is 0 Å². The first kappa shape index (κ1) is 9.26. The van der Waals surface area contributed by atoms with E-state index in [4.69, 9.17) is 11.2 Å². The van der Waals surface area contributed by atoms with Gasteiger partial charge in [-0.25, -0.2) is 0 Å². The third-order valence-corrected chi connectivity index (χ3v) is 2.34. The number of hydrogen-bond acceptors (Lipinski definition) is 2. The molecule has 0 aliphatic carbocycles. The van der Waals surface area contributed by atoms with Gasteiger partial charge < -0.3 is 4.74 Å². The van der Waals surface area contributed by atoms with Gasteiger partial charge in [0.1, 0.15) is 0 Å². The lowest BCUT2D eigenvalue weighted by molar-refractivity contribution is -0.00753. The summed E-state index contributed by atoms with van der Waals surface area (Å²) in [7, 11) is 0. The Morgan fingerprint density at radius 3 is 2.57 bits per heavy atom. The predicted molar refractivity (Wildman–Crippen MR) is 55.8 cm³/mol. The Morgan fingerprint density at radius 1 is 1.36 bits per heavy atom. The maximum absolute atomic E-state index is 5.48. The molecule has 72 valence electrons. The van der Waals surface area contributed by atoms with Gasteiger partial charge in [-0.2, -0.15) is 0 Å². The molecule has 1 N–H and O–H groups in total. The molecular weight excluding hydrogens is 174 g/mol. The second-order valence-electron chi connectivity index (χ2n) is 3.41. The van der Waals surface area contributed by atoms with Crippen LogP contribution in [0.2, 0.25) is 0 Å². The summed E-state index contributed by atoms with van der Waals surface area (Å²) in [5.74, 6) is 2.75. The largest absolute Gasteiger partial charge is 0.378 e. The van der Waals surface area contributed by atoms with Crippen LogP contribution in [0, 0.1) is 12.3 Å². The van der Waals surface area contributed by atoms with Crippen LogP contribution in [0.1, 0.15) is 11.6 Å². The molecule has 1 aliphatic rings. The topological polar surface area (TPSA) is 21.3 Å². The van der Waals surface area contributed by atoms with E-state index in [1.807, 2.05) is 30.3 Å². The van der Waals surface area contributed by atoms with Gasteiger partial charge in [-0.1, -0.05) is 36.3 Å². The zero-order chi connectivity index (χ0) is 9.80. The van der Waals surface area contributed by atoms with Crippen molar-refractivity contribution in [3.63, 3.8) is 0 Å². The maximum Gasteiger partial charge on any atom is 0.0946 e. The van der Waals surface area contributed by atoms with Gasteiger partial charge in [-0.3, -0.25) is 5.32 Å². The number of hydrogen-bond donors (Lipinski definition) is 1. The Kier molecular flexibility index (Phi) is 2.83. The lowest BCUT2D eigenvalue weighted by Crippen LogP contribution is -2.47. The van der Waals surface area contributed by atoms with Crippen LogP contribution in [0.25, 0.3) is 0 Å². The van der Waals surface area contributed by atoms with E-state index in [9.17, 15) is 0 Å². The van der Waals surface area contributed by atoms with E-state index < -0.39 is 0 Å². The minimum Gasteiger partial charge on any atom is -0.378 e. The number of terminal acetylenes is 1. The number of ether oxygens (including phenoxy) is 1. The van der Waals surface area contributed by atoms with E-state index in [0.29, 0.717) is 6.04 Å². The molecule has 1 heterocycles. The van der Waals surface area contributed by atoms with Crippen molar-refractivity contribution in [1.29, 1.82) is 0 Å². The van der Waals surface area contributed by atoms with Crippen molar-refractivity contribution in [3.05, 3.63) is 35.9 Å². The molecule has 14 heavy (non-hydrogen) atoms. The SMILES string of the molecule is C#CC(NC1COC1)c1ccccc1. The van der Waals surface area contributed by atoms with Crippen LogP contribution >= 0.6 is 0 Å². The van der Waals surface area contributed by atoms with E-state index in [2.05, 4.69) is 11.2 Å². The minimum absolute atomic E-state index is 0.00472. The van der Waals surface area contributed by atoms with Crippen molar-refractivity contribution in [1.82, 2.24) is 5.32 Å². The summed E-state index contributed by atoms with van der Waals surface area (Å²) in [6, 6.07) is 10.5. The second kappa shape index (κ2) is 4.28. The minimum atomic E-state index is 0.00472. The fourth-order valence-electron chi connectivity index (χ4n) is 1.45. The van der Waals surface area contributed by atoms with Gasteiger partial charge in [0.25, 0.3) is 0 Å². The van der Waals surface area contributed by atoms with Crippen LogP contribution in [-0.2, 0) is 4.74 Å². The average Bonchev–Trinajstić information content (AvgIpc) is 2.18. The zero-order valence-electron chi connectivity index (χ0n) is 7.94. The van der Waals surface area contributed by atoms with Gasteiger partial charge >= 0.3 is 0 Å². The Balaban J connectivity index is 2.02. The number of benzene rings is 1. The molecular formula is C12H13NO. The third-order valence-electron chi connectivity index (χ3n) is 2.34. The average molecular weight is 187 g/mol. The van der Waals surface area contributed by atoms with Gasteiger partial charge in [0.2, 0.25) is 0 Å². The highest BCUT2D eigenvalue weighted by Crippen LogP contribution is 2.14. The second-order valence-corrected chi connectivity index (χ2v) is 3.41. The molecule has 0 saturated carbocycles. The van der Waals surface area contributed by atoms with Gasteiger partial charge in [0, 0.05) is 0 Å².